The Morgan fingerprint density at radius 2 is 2.17 bits per heavy atom. The molecule has 2 saturated carbocycles. The zero-order valence-electron chi connectivity index (χ0n) is 10.9. The Kier molecular flexibility index (Phi) is 2.33. The highest BCUT2D eigenvalue weighted by Gasteiger charge is 2.40. The largest absolute Gasteiger partial charge is 0.399 e. The summed E-state index contributed by atoms with van der Waals surface area (Å²) in [6.45, 7) is 2.48. The first-order valence-electron chi connectivity index (χ1n) is 7.43. The molecule has 4 rings (SSSR count). The fourth-order valence-corrected chi connectivity index (χ4v) is 4.54. The highest BCUT2D eigenvalue weighted by atomic mass is 15.1. The summed E-state index contributed by atoms with van der Waals surface area (Å²) in [4.78, 5) is 2.59. The van der Waals surface area contributed by atoms with Crippen molar-refractivity contribution < 1.29 is 0 Å². The van der Waals surface area contributed by atoms with Crippen LogP contribution in [0.15, 0.2) is 18.2 Å². The second-order valence-electron chi connectivity index (χ2n) is 6.52. The van der Waals surface area contributed by atoms with Crippen molar-refractivity contribution >= 4 is 11.4 Å². The predicted octanol–water partition coefficient (Wildman–Crippen LogP) is 3.07. The number of nitrogen functional groups attached to an aromatic ring is 1. The van der Waals surface area contributed by atoms with Crippen molar-refractivity contribution in [2.75, 3.05) is 23.7 Å². The van der Waals surface area contributed by atoms with E-state index in [1.807, 2.05) is 6.07 Å². The van der Waals surface area contributed by atoms with Crippen LogP contribution in [0, 0.1) is 17.8 Å². The van der Waals surface area contributed by atoms with Gasteiger partial charge in [-0.15, -0.1) is 0 Å². The van der Waals surface area contributed by atoms with E-state index in [-0.39, 0.29) is 0 Å². The Hall–Kier alpha value is -1.18. The number of rotatable bonds is 2. The second kappa shape index (κ2) is 3.91. The highest BCUT2D eigenvalue weighted by molar-refractivity contribution is 5.64. The van der Waals surface area contributed by atoms with Crippen LogP contribution < -0.4 is 10.6 Å². The first-order chi connectivity index (χ1) is 8.79. The maximum absolute atomic E-state index is 5.94. The normalized spacial score (nSPS) is 33.1. The highest BCUT2D eigenvalue weighted by Crippen LogP contribution is 2.49. The van der Waals surface area contributed by atoms with Crippen molar-refractivity contribution in [1.82, 2.24) is 0 Å². The summed E-state index contributed by atoms with van der Waals surface area (Å²) in [5, 5.41) is 0. The molecule has 0 spiro atoms. The Morgan fingerprint density at radius 1 is 1.22 bits per heavy atom. The fourth-order valence-electron chi connectivity index (χ4n) is 4.54. The van der Waals surface area contributed by atoms with E-state index in [9.17, 15) is 0 Å². The van der Waals surface area contributed by atoms with Gasteiger partial charge in [-0.25, -0.2) is 0 Å². The molecule has 0 aromatic heterocycles. The molecular formula is C16H22N2. The molecule has 3 unspecified atom stereocenters. The number of hydrogen-bond donors (Lipinski definition) is 1. The van der Waals surface area contributed by atoms with Gasteiger partial charge in [0.1, 0.15) is 0 Å². The zero-order valence-corrected chi connectivity index (χ0v) is 10.9. The number of benzene rings is 1. The summed E-state index contributed by atoms with van der Waals surface area (Å²) in [6, 6.07) is 6.43. The number of anilines is 2. The van der Waals surface area contributed by atoms with E-state index in [1.165, 1.54) is 56.4 Å². The van der Waals surface area contributed by atoms with E-state index in [4.69, 9.17) is 5.73 Å². The van der Waals surface area contributed by atoms with Crippen LogP contribution in [-0.4, -0.2) is 13.1 Å². The van der Waals surface area contributed by atoms with E-state index in [0.29, 0.717) is 0 Å². The van der Waals surface area contributed by atoms with E-state index in [1.54, 1.807) is 0 Å². The Labute approximate surface area is 109 Å². The maximum Gasteiger partial charge on any atom is 0.0420 e. The topological polar surface area (TPSA) is 29.3 Å². The number of hydrogen-bond acceptors (Lipinski definition) is 2. The lowest BCUT2D eigenvalue weighted by molar-refractivity contribution is 0.335. The summed E-state index contributed by atoms with van der Waals surface area (Å²) in [6.07, 6.45) is 7.20. The van der Waals surface area contributed by atoms with Crippen LogP contribution in [0.3, 0.4) is 0 Å². The van der Waals surface area contributed by atoms with E-state index < -0.39 is 0 Å². The summed E-state index contributed by atoms with van der Waals surface area (Å²) < 4.78 is 0. The van der Waals surface area contributed by atoms with Crippen molar-refractivity contribution in [2.24, 2.45) is 17.8 Å². The zero-order chi connectivity index (χ0) is 12.1. The average molecular weight is 242 g/mol. The number of nitrogens with zero attached hydrogens (tertiary/aromatic N) is 1. The van der Waals surface area contributed by atoms with Gasteiger partial charge < -0.3 is 10.6 Å². The standard InChI is InChI=1S/C16H22N2/c17-15-4-3-12-5-6-18(16(12)9-15)10-14-8-11-1-2-13(14)7-11/h3-4,9,11,13-14H,1-2,5-8,10,17H2. The van der Waals surface area contributed by atoms with Crippen LogP contribution in [0.1, 0.15) is 31.2 Å². The molecule has 2 heteroatoms. The third kappa shape index (κ3) is 1.62. The van der Waals surface area contributed by atoms with Gasteiger partial charge in [0.15, 0.2) is 0 Å². The van der Waals surface area contributed by atoms with Gasteiger partial charge in [0.05, 0.1) is 0 Å². The average Bonchev–Trinajstić information content (AvgIpc) is 3.05. The molecule has 1 aromatic carbocycles. The minimum Gasteiger partial charge on any atom is -0.399 e. The van der Waals surface area contributed by atoms with E-state index >= 15 is 0 Å². The molecular weight excluding hydrogens is 220 g/mol. The molecule has 1 heterocycles. The van der Waals surface area contributed by atoms with Gasteiger partial charge in [0.25, 0.3) is 0 Å². The molecule has 0 radical (unpaired) electrons. The van der Waals surface area contributed by atoms with Crippen molar-refractivity contribution in [1.29, 1.82) is 0 Å². The van der Waals surface area contributed by atoms with Crippen LogP contribution in [0.25, 0.3) is 0 Å². The smallest absolute Gasteiger partial charge is 0.0420 e. The van der Waals surface area contributed by atoms with Gasteiger partial charge >= 0.3 is 0 Å². The monoisotopic (exact) mass is 242 g/mol. The third-order valence-electron chi connectivity index (χ3n) is 5.44. The van der Waals surface area contributed by atoms with Crippen LogP contribution in [0.2, 0.25) is 0 Å². The Bertz CT molecular complexity index is 468. The minimum atomic E-state index is 0.911. The molecule has 2 fully saturated rings. The molecule has 2 aliphatic carbocycles. The SMILES string of the molecule is Nc1ccc2c(c1)N(CC1CC3CCC1C3)CC2. The molecule has 2 nitrogen and oxygen atoms in total. The molecule has 1 aromatic rings. The van der Waals surface area contributed by atoms with Gasteiger partial charge in [0.2, 0.25) is 0 Å². The fraction of sp³-hybridized carbons (Fsp3) is 0.625. The van der Waals surface area contributed by atoms with Gasteiger partial charge in [0, 0.05) is 24.5 Å². The molecule has 3 aliphatic rings. The molecule has 0 amide bonds. The van der Waals surface area contributed by atoms with Crippen molar-refractivity contribution in [3.05, 3.63) is 23.8 Å². The van der Waals surface area contributed by atoms with Crippen LogP contribution in [0.5, 0.6) is 0 Å². The molecule has 2 bridgehead atoms. The molecule has 96 valence electrons. The first-order valence-corrected chi connectivity index (χ1v) is 7.43. The van der Waals surface area contributed by atoms with Gasteiger partial charge in [-0.2, -0.15) is 0 Å². The summed E-state index contributed by atoms with van der Waals surface area (Å²) in [7, 11) is 0. The van der Waals surface area contributed by atoms with Crippen molar-refractivity contribution in [2.45, 2.75) is 32.1 Å². The number of nitrogens with two attached hydrogens (primary N) is 1. The summed E-state index contributed by atoms with van der Waals surface area (Å²) in [5.74, 6) is 3.04. The lowest BCUT2D eigenvalue weighted by atomic mass is 9.88. The molecule has 3 atom stereocenters. The van der Waals surface area contributed by atoms with Crippen molar-refractivity contribution in [3.8, 4) is 0 Å². The van der Waals surface area contributed by atoms with Gasteiger partial charge in [-0.3, -0.25) is 0 Å². The molecule has 18 heavy (non-hydrogen) atoms. The van der Waals surface area contributed by atoms with Crippen LogP contribution >= 0.6 is 0 Å². The number of fused-ring (bicyclic) bond motifs is 3. The lowest BCUT2D eigenvalue weighted by Crippen LogP contribution is -2.30. The van der Waals surface area contributed by atoms with Gasteiger partial charge in [-0.05, 0) is 61.1 Å². The lowest BCUT2D eigenvalue weighted by Gasteiger charge is -2.28. The minimum absolute atomic E-state index is 0.911. The maximum atomic E-state index is 5.94. The van der Waals surface area contributed by atoms with Crippen molar-refractivity contribution in [3.63, 3.8) is 0 Å². The van der Waals surface area contributed by atoms with E-state index in [0.717, 1.165) is 23.4 Å². The Morgan fingerprint density at radius 3 is 2.94 bits per heavy atom. The molecule has 2 N–H and O–H groups in total. The predicted molar refractivity (Wildman–Crippen MR) is 75.7 cm³/mol. The molecule has 1 aliphatic heterocycles. The quantitative estimate of drug-likeness (QED) is 0.808. The van der Waals surface area contributed by atoms with Crippen LogP contribution in [-0.2, 0) is 6.42 Å². The van der Waals surface area contributed by atoms with E-state index in [2.05, 4.69) is 17.0 Å². The third-order valence-corrected chi connectivity index (χ3v) is 5.44. The second-order valence-corrected chi connectivity index (χ2v) is 6.52. The Balaban J connectivity index is 1.53. The van der Waals surface area contributed by atoms with Crippen LogP contribution in [0.4, 0.5) is 11.4 Å². The summed E-state index contributed by atoms with van der Waals surface area (Å²) >= 11 is 0. The summed E-state index contributed by atoms with van der Waals surface area (Å²) in [5.41, 5.74) is 9.75. The van der Waals surface area contributed by atoms with Gasteiger partial charge in [-0.1, -0.05) is 12.5 Å². The first kappa shape index (κ1) is 10.7. The molecule has 0 saturated heterocycles.